The maximum Gasteiger partial charge on any atom is 0.220 e. The summed E-state index contributed by atoms with van der Waals surface area (Å²) in [6.45, 7) is 11.8. The molecule has 0 spiro atoms. The van der Waals surface area contributed by atoms with E-state index in [1.54, 1.807) is 12.4 Å². The predicted molar refractivity (Wildman–Crippen MR) is 105 cm³/mol. The number of ether oxygens (including phenoxy) is 2. The molecule has 0 aromatic carbocycles. The van der Waals surface area contributed by atoms with Gasteiger partial charge < -0.3 is 20.5 Å². The number of rotatable bonds is 9. The van der Waals surface area contributed by atoms with Gasteiger partial charge in [-0.15, -0.1) is 0 Å². The van der Waals surface area contributed by atoms with Gasteiger partial charge in [0, 0.05) is 37.9 Å². The lowest BCUT2D eigenvalue weighted by Gasteiger charge is -2.16. The van der Waals surface area contributed by atoms with Gasteiger partial charge >= 0.3 is 0 Å². The highest BCUT2D eigenvalue weighted by molar-refractivity contribution is 5.75. The summed E-state index contributed by atoms with van der Waals surface area (Å²) in [7, 11) is 0. The molecule has 0 aliphatic carbocycles. The van der Waals surface area contributed by atoms with Gasteiger partial charge in [-0.05, 0) is 33.3 Å². The predicted octanol–water partition coefficient (Wildman–Crippen LogP) is 2.51. The number of nitrogens with one attached hydrogen (secondary N) is 1. The second-order valence-corrected chi connectivity index (χ2v) is 5.69. The summed E-state index contributed by atoms with van der Waals surface area (Å²) in [6.07, 6.45) is 4.36. The van der Waals surface area contributed by atoms with Crippen molar-refractivity contribution in [3.05, 3.63) is 24.0 Å². The highest BCUT2D eigenvalue weighted by Crippen LogP contribution is 2.12. The van der Waals surface area contributed by atoms with Crippen molar-refractivity contribution in [1.29, 1.82) is 0 Å². The maximum absolute atomic E-state index is 11.4. The van der Waals surface area contributed by atoms with E-state index >= 15 is 0 Å². The van der Waals surface area contributed by atoms with Crippen LogP contribution in [0.25, 0.3) is 0 Å². The molecule has 1 amide bonds. The molecule has 0 bridgehead atoms. The Morgan fingerprint density at radius 1 is 1.35 bits per heavy atom. The van der Waals surface area contributed by atoms with Gasteiger partial charge in [0.15, 0.2) is 0 Å². The molecule has 1 heterocycles. The van der Waals surface area contributed by atoms with Crippen molar-refractivity contribution in [3.8, 4) is 17.6 Å². The summed E-state index contributed by atoms with van der Waals surface area (Å²) < 4.78 is 11.2. The molecule has 6 heteroatoms. The fraction of sp³-hybridized carbons (Fsp3) is 0.600. The van der Waals surface area contributed by atoms with Crippen molar-refractivity contribution in [2.75, 3.05) is 26.3 Å². The Hall–Kier alpha value is -2.10. The van der Waals surface area contributed by atoms with Crippen molar-refractivity contribution >= 4 is 5.91 Å². The first-order valence-electron chi connectivity index (χ1n) is 9.18. The number of aromatic nitrogens is 1. The normalized spacial score (nSPS) is 10.1. The number of amides is 1. The summed E-state index contributed by atoms with van der Waals surface area (Å²) in [6, 6.07) is 1.83. The molecule has 0 saturated heterocycles. The molecule has 146 valence electrons. The average molecular weight is 364 g/mol. The molecule has 0 unspecified atom stereocenters. The van der Waals surface area contributed by atoms with Gasteiger partial charge in [-0.2, -0.15) is 0 Å². The lowest BCUT2D eigenvalue weighted by molar-refractivity contribution is -0.121. The quantitative estimate of drug-likeness (QED) is 0.520. The van der Waals surface area contributed by atoms with E-state index in [2.05, 4.69) is 22.1 Å². The monoisotopic (exact) mass is 363 g/mol. The molecule has 26 heavy (non-hydrogen) atoms. The number of nitrogens with two attached hydrogens (primary N) is 1. The minimum atomic E-state index is -0.498. The van der Waals surface area contributed by atoms with Gasteiger partial charge in [-0.3, -0.25) is 9.78 Å². The van der Waals surface area contributed by atoms with Crippen LogP contribution in [0, 0.1) is 11.8 Å². The Morgan fingerprint density at radius 3 is 2.73 bits per heavy atom. The summed E-state index contributed by atoms with van der Waals surface area (Å²) in [5.41, 5.74) is 5.59. The smallest absolute Gasteiger partial charge is 0.220 e. The zero-order valence-electron chi connectivity index (χ0n) is 16.7. The minimum Gasteiger partial charge on any atom is -0.492 e. The van der Waals surface area contributed by atoms with Crippen molar-refractivity contribution in [3.63, 3.8) is 0 Å². The second-order valence-electron chi connectivity index (χ2n) is 5.69. The van der Waals surface area contributed by atoms with Gasteiger partial charge in [0.1, 0.15) is 11.4 Å². The fourth-order valence-electron chi connectivity index (χ4n) is 1.91. The van der Waals surface area contributed by atoms with Crippen LogP contribution in [0.15, 0.2) is 18.5 Å². The molecule has 1 aromatic heterocycles. The first kappa shape index (κ1) is 23.9. The number of hydrogen-bond acceptors (Lipinski definition) is 5. The minimum absolute atomic E-state index is 0.0139. The highest BCUT2D eigenvalue weighted by atomic mass is 16.5. The van der Waals surface area contributed by atoms with E-state index in [1.165, 1.54) is 0 Å². The Balaban J connectivity index is 0.00000301. The first-order valence-corrected chi connectivity index (χ1v) is 9.18. The number of carbonyl (C=O) groups excluding carboxylic acids is 1. The van der Waals surface area contributed by atoms with E-state index in [0.717, 1.165) is 5.56 Å². The van der Waals surface area contributed by atoms with E-state index in [0.29, 0.717) is 44.9 Å². The van der Waals surface area contributed by atoms with Crippen molar-refractivity contribution in [2.24, 2.45) is 5.73 Å². The van der Waals surface area contributed by atoms with Crippen LogP contribution in [0.4, 0.5) is 0 Å². The highest BCUT2D eigenvalue weighted by Gasteiger charge is 2.12. The Bertz CT molecular complexity index is 577. The van der Waals surface area contributed by atoms with Crippen LogP contribution >= 0.6 is 0 Å². The topological polar surface area (TPSA) is 86.5 Å². The third-order valence-corrected chi connectivity index (χ3v) is 3.01. The number of hydrogen-bond donors (Lipinski definition) is 2. The van der Waals surface area contributed by atoms with Crippen molar-refractivity contribution < 1.29 is 14.3 Å². The van der Waals surface area contributed by atoms with Gasteiger partial charge in [0.25, 0.3) is 0 Å². The maximum atomic E-state index is 11.4. The molecule has 0 fully saturated rings. The Morgan fingerprint density at radius 2 is 2.08 bits per heavy atom. The zero-order chi connectivity index (χ0) is 19.8. The van der Waals surface area contributed by atoms with Gasteiger partial charge in [0.2, 0.25) is 5.91 Å². The molecule has 6 nitrogen and oxygen atoms in total. The molecular weight excluding hydrogens is 330 g/mol. The fourth-order valence-corrected chi connectivity index (χ4v) is 1.91. The van der Waals surface area contributed by atoms with Gasteiger partial charge in [0.05, 0.1) is 12.8 Å². The Kier molecular flexibility index (Phi) is 13.0. The molecular formula is C20H33N3O3. The molecule has 0 aliphatic heterocycles. The van der Waals surface area contributed by atoms with Crippen LogP contribution < -0.4 is 15.8 Å². The molecule has 0 aliphatic rings. The molecule has 1 aromatic rings. The van der Waals surface area contributed by atoms with Gasteiger partial charge in [-0.25, -0.2) is 0 Å². The SMILES string of the molecule is CC.CCOC(C)(C)C#Cc1cncc(OCCCC(=O)NCCN)c1. The van der Waals surface area contributed by atoms with Crippen LogP contribution in [0.5, 0.6) is 5.75 Å². The molecule has 0 saturated carbocycles. The summed E-state index contributed by atoms with van der Waals surface area (Å²) in [4.78, 5) is 15.6. The van der Waals surface area contributed by atoms with E-state index in [4.69, 9.17) is 15.2 Å². The van der Waals surface area contributed by atoms with Gasteiger partial charge in [-0.1, -0.05) is 25.7 Å². The lowest BCUT2D eigenvalue weighted by Crippen LogP contribution is -2.29. The van der Waals surface area contributed by atoms with Crippen LogP contribution in [0.2, 0.25) is 0 Å². The van der Waals surface area contributed by atoms with Crippen LogP contribution in [-0.4, -0.2) is 42.8 Å². The largest absolute Gasteiger partial charge is 0.492 e. The number of pyridine rings is 1. The van der Waals surface area contributed by atoms with E-state index < -0.39 is 5.60 Å². The molecule has 0 radical (unpaired) electrons. The standard InChI is InChI=1S/C18H27N3O3.C2H6/c1-4-24-18(2,3)8-7-15-12-16(14-20-13-15)23-11-5-6-17(22)21-10-9-19;1-2/h12-14H,4-6,9-11,19H2,1-3H3,(H,21,22);1-2H3. The zero-order valence-corrected chi connectivity index (χ0v) is 16.7. The van der Waals surface area contributed by atoms with E-state index in [1.807, 2.05) is 40.7 Å². The van der Waals surface area contributed by atoms with Crippen LogP contribution in [0.1, 0.15) is 53.0 Å². The van der Waals surface area contributed by atoms with Crippen molar-refractivity contribution in [2.45, 2.75) is 53.1 Å². The molecule has 1 rings (SSSR count). The van der Waals surface area contributed by atoms with Crippen LogP contribution in [-0.2, 0) is 9.53 Å². The Labute approximate surface area is 157 Å². The summed E-state index contributed by atoms with van der Waals surface area (Å²) in [5, 5.41) is 2.72. The lowest BCUT2D eigenvalue weighted by atomic mass is 10.1. The molecule has 3 N–H and O–H groups in total. The van der Waals surface area contributed by atoms with E-state index in [9.17, 15) is 4.79 Å². The average Bonchev–Trinajstić information content (AvgIpc) is 2.64. The van der Waals surface area contributed by atoms with Crippen LogP contribution in [0.3, 0.4) is 0 Å². The third-order valence-electron chi connectivity index (χ3n) is 3.01. The molecule has 0 atom stereocenters. The second kappa shape index (κ2) is 14.1. The first-order chi connectivity index (χ1) is 12.5. The number of carbonyl (C=O) groups is 1. The summed E-state index contributed by atoms with van der Waals surface area (Å²) in [5.74, 6) is 6.75. The van der Waals surface area contributed by atoms with Crippen molar-refractivity contribution in [1.82, 2.24) is 10.3 Å². The third kappa shape index (κ3) is 11.5. The number of nitrogens with zero attached hydrogens (tertiary/aromatic N) is 1. The van der Waals surface area contributed by atoms with E-state index in [-0.39, 0.29) is 5.91 Å². The summed E-state index contributed by atoms with van der Waals surface area (Å²) >= 11 is 0.